The molecule has 4 rings (SSSR count). The van der Waals surface area contributed by atoms with Crippen molar-refractivity contribution in [3.8, 4) is 0 Å². The highest BCUT2D eigenvalue weighted by molar-refractivity contribution is 6.13. The zero-order chi connectivity index (χ0) is 18.6. The average Bonchev–Trinajstić information content (AvgIpc) is 3.08. The molecule has 2 aromatic carbocycles. The molecule has 4 heteroatoms. The molecule has 2 heterocycles. The molecule has 0 radical (unpaired) electrons. The summed E-state index contributed by atoms with van der Waals surface area (Å²) in [6, 6.07) is 16.1. The number of fused-ring (bicyclic) bond motifs is 1. The lowest BCUT2D eigenvalue weighted by Crippen LogP contribution is -2.30. The van der Waals surface area contributed by atoms with Gasteiger partial charge >= 0.3 is 0 Å². The van der Waals surface area contributed by atoms with E-state index in [-0.39, 0.29) is 5.91 Å². The van der Waals surface area contributed by atoms with E-state index in [2.05, 4.69) is 27.4 Å². The first-order chi connectivity index (χ1) is 13.3. The predicted octanol–water partition coefficient (Wildman–Crippen LogP) is 5.07. The van der Waals surface area contributed by atoms with E-state index < -0.39 is 0 Å². The van der Waals surface area contributed by atoms with Gasteiger partial charge in [0.15, 0.2) is 0 Å². The van der Waals surface area contributed by atoms with Crippen LogP contribution in [0.25, 0.3) is 10.9 Å². The zero-order valence-corrected chi connectivity index (χ0v) is 15.5. The van der Waals surface area contributed by atoms with Crippen molar-refractivity contribution in [1.82, 2.24) is 4.57 Å². The first-order valence-corrected chi connectivity index (χ1v) is 9.62. The van der Waals surface area contributed by atoms with Gasteiger partial charge in [-0.2, -0.15) is 0 Å². The van der Waals surface area contributed by atoms with E-state index in [1.165, 1.54) is 19.3 Å². The molecule has 0 unspecified atom stereocenters. The largest absolute Gasteiger partial charge is 0.370 e. The molecular formula is C23H25N3O. The Morgan fingerprint density at radius 3 is 2.59 bits per heavy atom. The number of aromatic nitrogens is 1. The molecule has 1 aliphatic heterocycles. The molecule has 0 spiro atoms. The van der Waals surface area contributed by atoms with Crippen LogP contribution in [0.5, 0.6) is 0 Å². The fraction of sp³-hybridized carbons (Fsp3) is 0.261. The fourth-order valence-corrected chi connectivity index (χ4v) is 3.90. The maximum absolute atomic E-state index is 13.1. The molecule has 0 bridgehead atoms. The Morgan fingerprint density at radius 2 is 1.78 bits per heavy atom. The quantitative estimate of drug-likeness (QED) is 0.646. The minimum Gasteiger partial charge on any atom is -0.370 e. The highest BCUT2D eigenvalue weighted by Gasteiger charge is 2.18. The molecule has 1 saturated heterocycles. The van der Waals surface area contributed by atoms with Gasteiger partial charge in [0, 0.05) is 36.7 Å². The molecule has 1 amide bonds. The molecule has 1 fully saturated rings. The Morgan fingerprint density at radius 1 is 1.04 bits per heavy atom. The number of para-hydroxylation sites is 3. The number of amides is 1. The standard InChI is InChI=1S/C23H25N3O/c1-2-14-26-17-19(18-10-4-6-12-21(18)26)23(27)24-20-11-5-7-13-22(20)25-15-8-3-9-16-25/h2,4-7,10-13,17H,1,3,8-9,14-16H2,(H,24,27). The fourth-order valence-electron chi connectivity index (χ4n) is 3.90. The first-order valence-electron chi connectivity index (χ1n) is 9.62. The van der Waals surface area contributed by atoms with Crippen LogP contribution in [0, 0.1) is 0 Å². The smallest absolute Gasteiger partial charge is 0.257 e. The van der Waals surface area contributed by atoms with Crippen molar-refractivity contribution in [2.75, 3.05) is 23.3 Å². The second-order valence-electron chi connectivity index (χ2n) is 7.02. The van der Waals surface area contributed by atoms with Crippen LogP contribution in [0.1, 0.15) is 29.6 Å². The molecule has 1 N–H and O–H groups in total. The summed E-state index contributed by atoms with van der Waals surface area (Å²) in [7, 11) is 0. The number of carbonyl (C=O) groups is 1. The van der Waals surface area contributed by atoms with Gasteiger partial charge in [0.2, 0.25) is 0 Å². The summed E-state index contributed by atoms with van der Waals surface area (Å²) in [5.74, 6) is -0.0709. The Labute approximate surface area is 160 Å². The molecule has 27 heavy (non-hydrogen) atoms. The van der Waals surface area contributed by atoms with Gasteiger partial charge in [-0.05, 0) is 37.5 Å². The maximum Gasteiger partial charge on any atom is 0.257 e. The molecule has 1 aromatic heterocycles. The number of nitrogens with zero attached hydrogens (tertiary/aromatic N) is 2. The molecule has 138 valence electrons. The SMILES string of the molecule is C=CCn1cc(C(=O)Nc2ccccc2N2CCCCC2)c2ccccc21. The molecule has 0 saturated carbocycles. The van der Waals surface area contributed by atoms with E-state index in [9.17, 15) is 4.79 Å². The molecular weight excluding hydrogens is 334 g/mol. The van der Waals surface area contributed by atoms with Gasteiger partial charge < -0.3 is 14.8 Å². The third kappa shape index (κ3) is 3.47. The lowest BCUT2D eigenvalue weighted by molar-refractivity contribution is 0.102. The number of benzene rings is 2. The van der Waals surface area contributed by atoms with E-state index in [0.717, 1.165) is 35.4 Å². The van der Waals surface area contributed by atoms with Crippen LogP contribution in [0.15, 0.2) is 67.4 Å². The van der Waals surface area contributed by atoms with Crippen LogP contribution in [0.3, 0.4) is 0 Å². The third-order valence-corrected chi connectivity index (χ3v) is 5.21. The number of carbonyl (C=O) groups excluding carboxylic acids is 1. The summed E-state index contributed by atoms with van der Waals surface area (Å²) in [5, 5.41) is 4.12. The summed E-state index contributed by atoms with van der Waals surface area (Å²) in [5.41, 5.74) is 3.73. The number of rotatable bonds is 5. The van der Waals surface area contributed by atoms with Gasteiger partial charge in [-0.3, -0.25) is 4.79 Å². The minimum atomic E-state index is -0.0709. The van der Waals surface area contributed by atoms with Gasteiger partial charge in [-0.15, -0.1) is 6.58 Å². The average molecular weight is 359 g/mol. The van der Waals surface area contributed by atoms with Crippen LogP contribution >= 0.6 is 0 Å². The van der Waals surface area contributed by atoms with Gasteiger partial charge in [0.25, 0.3) is 5.91 Å². The van der Waals surface area contributed by atoms with Crippen LogP contribution in [-0.4, -0.2) is 23.6 Å². The Bertz CT molecular complexity index is 967. The summed E-state index contributed by atoms with van der Waals surface area (Å²) in [6.07, 6.45) is 7.47. The Hall–Kier alpha value is -3.01. The lowest BCUT2D eigenvalue weighted by Gasteiger charge is -2.30. The van der Waals surface area contributed by atoms with Gasteiger partial charge in [0.05, 0.1) is 16.9 Å². The van der Waals surface area contributed by atoms with E-state index in [4.69, 9.17) is 0 Å². The molecule has 1 aliphatic rings. The van der Waals surface area contributed by atoms with Crippen molar-refractivity contribution in [1.29, 1.82) is 0 Å². The van der Waals surface area contributed by atoms with Gasteiger partial charge in [-0.25, -0.2) is 0 Å². The second kappa shape index (κ2) is 7.70. The summed E-state index contributed by atoms with van der Waals surface area (Å²) < 4.78 is 2.06. The van der Waals surface area contributed by atoms with E-state index in [0.29, 0.717) is 12.1 Å². The van der Waals surface area contributed by atoms with Gasteiger partial charge in [0.1, 0.15) is 0 Å². The molecule has 4 nitrogen and oxygen atoms in total. The number of allylic oxidation sites excluding steroid dienone is 1. The van der Waals surface area contributed by atoms with Crippen LogP contribution in [-0.2, 0) is 6.54 Å². The van der Waals surface area contributed by atoms with Crippen molar-refractivity contribution in [2.24, 2.45) is 0 Å². The summed E-state index contributed by atoms with van der Waals surface area (Å²) >= 11 is 0. The monoisotopic (exact) mass is 359 g/mol. The number of piperidine rings is 1. The Balaban J connectivity index is 1.66. The van der Waals surface area contributed by atoms with Crippen molar-refractivity contribution in [3.63, 3.8) is 0 Å². The summed E-state index contributed by atoms with van der Waals surface area (Å²) in [4.78, 5) is 15.5. The zero-order valence-electron chi connectivity index (χ0n) is 15.5. The highest BCUT2D eigenvalue weighted by Crippen LogP contribution is 2.29. The van der Waals surface area contributed by atoms with Crippen LogP contribution in [0.4, 0.5) is 11.4 Å². The number of anilines is 2. The van der Waals surface area contributed by atoms with Crippen molar-refractivity contribution >= 4 is 28.2 Å². The highest BCUT2D eigenvalue weighted by atomic mass is 16.1. The molecule has 3 aromatic rings. The maximum atomic E-state index is 13.1. The predicted molar refractivity (Wildman–Crippen MR) is 113 cm³/mol. The first kappa shape index (κ1) is 17.4. The molecule has 0 atom stereocenters. The molecule has 0 aliphatic carbocycles. The van der Waals surface area contributed by atoms with Crippen LogP contribution in [0.2, 0.25) is 0 Å². The van der Waals surface area contributed by atoms with Crippen molar-refractivity contribution in [2.45, 2.75) is 25.8 Å². The minimum absolute atomic E-state index is 0.0709. The van der Waals surface area contributed by atoms with Crippen molar-refractivity contribution < 1.29 is 4.79 Å². The number of hydrogen-bond donors (Lipinski definition) is 1. The Kier molecular flexibility index (Phi) is 4.97. The lowest BCUT2D eigenvalue weighted by atomic mass is 10.1. The van der Waals surface area contributed by atoms with Gasteiger partial charge in [-0.1, -0.05) is 36.4 Å². The van der Waals surface area contributed by atoms with E-state index >= 15 is 0 Å². The second-order valence-corrected chi connectivity index (χ2v) is 7.02. The number of nitrogens with one attached hydrogen (secondary N) is 1. The topological polar surface area (TPSA) is 37.3 Å². The van der Waals surface area contributed by atoms with E-state index in [1.807, 2.05) is 54.7 Å². The van der Waals surface area contributed by atoms with E-state index in [1.54, 1.807) is 0 Å². The number of hydrogen-bond acceptors (Lipinski definition) is 2. The normalized spacial score (nSPS) is 14.3. The summed E-state index contributed by atoms with van der Waals surface area (Å²) in [6.45, 7) is 6.59. The van der Waals surface area contributed by atoms with Crippen LogP contribution < -0.4 is 10.2 Å². The van der Waals surface area contributed by atoms with Crippen molar-refractivity contribution in [3.05, 3.63) is 72.9 Å². The third-order valence-electron chi connectivity index (χ3n) is 5.21.